The number of halogens is 1. The van der Waals surface area contributed by atoms with Crippen LogP contribution in [0.25, 0.3) is 0 Å². The fraction of sp³-hybridized carbons (Fsp3) is 0.571. The summed E-state index contributed by atoms with van der Waals surface area (Å²) in [6.45, 7) is 7.15. The second-order valence-corrected chi connectivity index (χ2v) is 5.64. The van der Waals surface area contributed by atoms with Crippen LogP contribution in [0.15, 0.2) is 18.2 Å². The highest BCUT2D eigenvalue weighted by molar-refractivity contribution is 6.31. The number of hydrogen-bond donors (Lipinski definition) is 2. The molecule has 2 rings (SSSR count). The molecule has 4 heteroatoms. The molecule has 0 spiro atoms. The van der Waals surface area contributed by atoms with Crippen LogP contribution in [0.2, 0.25) is 5.02 Å². The first kappa shape index (κ1) is 13.7. The Morgan fingerprint density at radius 1 is 1.44 bits per heavy atom. The van der Waals surface area contributed by atoms with E-state index in [1.165, 1.54) is 0 Å². The number of rotatable bonds is 2. The molecule has 0 aliphatic carbocycles. The maximum atomic E-state index is 9.35. The Hall–Kier alpha value is -0.770. The van der Waals surface area contributed by atoms with Crippen LogP contribution in [0.1, 0.15) is 12.5 Å². The van der Waals surface area contributed by atoms with Crippen molar-refractivity contribution < 1.29 is 5.11 Å². The van der Waals surface area contributed by atoms with Crippen molar-refractivity contribution in [3.8, 4) is 0 Å². The minimum absolute atomic E-state index is 0.134. The molecule has 0 aromatic heterocycles. The number of anilines is 1. The number of nitrogens with one attached hydrogen (secondary N) is 1. The van der Waals surface area contributed by atoms with Gasteiger partial charge in [0.25, 0.3) is 0 Å². The Labute approximate surface area is 114 Å². The lowest BCUT2D eigenvalue weighted by Crippen LogP contribution is -2.40. The van der Waals surface area contributed by atoms with Gasteiger partial charge in [-0.05, 0) is 37.1 Å². The van der Waals surface area contributed by atoms with Gasteiger partial charge in [0.2, 0.25) is 0 Å². The summed E-state index contributed by atoms with van der Waals surface area (Å²) in [5.74, 6) is 0.557. The topological polar surface area (TPSA) is 35.5 Å². The van der Waals surface area contributed by atoms with Gasteiger partial charge in [0, 0.05) is 29.8 Å². The third-order valence-corrected chi connectivity index (χ3v) is 3.88. The number of nitrogens with zero attached hydrogens (tertiary/aromatic N) is 1. The first-order valence-electron chi connectivity index (χ1n) is 6.45. The Morgan fingerprint density at radius 3 is 2.89 bits per heavy atom. The van der Waals surface area contributed by atoms with Gasteiger partial charge >= 0.3 is 0 Å². The third-order valence-electron chi connectivity index (χ3n) is 3.47. The fourth-order valence-electron chi connectivity index (χ4n) is 2.33. The molecule has 1 heterocycles. The van der Waals surface area contributed by atoms with Crippen LogP contribution >= 0.6 is 11.6 Å². The van der Waals surface area contributed by atoms with Crippen molar-refractivity contribution in [1.82, 2.24) is 5.32 Å². The van der Waals surface area contributed by atoms with Gasteiger partial charge in [0.1, 0.15) is 0 Å². The van der Waals surface area contributed by atoms with E-state index in [0.717, 1.165) is 35.9 Å². The molecule has 1 aromatic carbocycles. The van der Waals surface area contributed by atoms with Crippen LogP contribution in [-0.2, 0) is 0 Å². The zero-order chi connectivity index (χ0) is 13.1. The second kappa shape index (κ2) is 5.91. The third kappa shape index (κ3) is 3.16. The molecule has 1 aromatic rings. The highest BCUT2D eigenvalue weighted by Crippen LogP contribution is 2.24. The van der Waals surface area contributed by atoms with E-state index >= 15 is 0 Å². The highest BCUT2D eigenvalue weighted by atomic mass is 35.5. The van der Waals surface area contributed by atoms with Crippen LogP contribution in [0.4, 0.5) is 5.69 Å². The van der Waals surface area contributed by atoms with Crippen molar-refractivity contribution in [3.63, 3.8) is 0 Å². The summed E-state index contributed by atoms with van der Waals surface area (Å²) >= 11 is 6.19. The lowest BCUT2D eigenvalue weighted by Gasteiger charge is -2.27. The van der Waals surface area contributed by atoms with Crippen molar-refractivity contribution in [2.75, 3.05) is 31.1 Å². The van der Waals surface area contributed by atoms with Crippen molar-refractivity contribution in [2.24, 2.45) is 5.92 Å². The maximum Gasteiger partial charge on any atom is 0.0601 e. The average molecular weight is 269 g/mol. The summed E-state index contributed by atoms with van der Waals surface area (Å²) in [7, 11) is 0. The SMILES string of the molecule is Cc1ccc(N2CC(C)CNC(CO)C2)cc1Cl. The molecule has 0 saturated carbocycles. The number of aliphatic hydroxyl groups excluding tert-OH is 1. The van der Waals surface area contributed by atoms with Gasteiger partial charge in [-0.2, -0.15) is 0 Å². The molecule has 3 nitrogen and oxygen atoms in total. The monoisotopic (exact) mass is 268 g/mol. The number of aliphatic hydroxyl groups is 1. The molecule has 100 valence electrons. The van der Waals surface area contributed by atoms with Crippen molar-refractivity contribution >= 4 is 17.3 Å². The second-order valence-electron chi connectivity index (χ2n) is 5.23. The summed E-state index contributed by atoms with van der Waals surface area (Å²) < 4.78 is 0. The van der Waals surface area contributed by atoms with Crippen LogP contribution in [0.5, 0.6) is 0 Å². The standard InChI is InChI=1S/C14H21ClN2O/c1-10-6-16-12(9-18)8-17(7-10)13-4-3-11(2)14(15)5-13/h3-5,10,12,16,18H,6-9H2,1-2H3. The lowest BCUT2D eigenvalue weighted by atomic mass is 10.1. The van der Waals surface area contributed by atoms with Crippen molar-refractivity contribution in [3.05, 3.63) is 28.8 Å². The molecule has 1 aliphatic rings. The van der Waals surface area contributed by atoms with Gasteiger partial charge in [0.15, 0.2) is 0 Å². The van der Waals surface area contributed by atoms with Crippen molar-refractivity contribution in [2.45, 2.75) is 19.9 Å². The molecule has 1 fully saturated rings. The van der Waals surface area contributed by atoms with E-state index in [1.807, 2.05) is 13.0 Å². The smallest absolute Gasteiger partial charge is 0.0601 e. The van der Waals surface area contributed by atoms with Crippen LogP contribution in [-0.4, -0.2) is 37.4 Å². The summed E-state index contributed by atoms with van der Waals surface area (Å²) in [5, 5.41) is 13.5. The number of benzene rings is 1. The molecule has 0 bridgehead atoms. The molecule has 1 saturated heterocycles. The molecular formula is C14H21ClN2O. The van der Waals surface area contributed by atoms with Gasteiger partial charge in [-0.15, -0.1) is 0 Å². The molecular weight excluding hydrogens is 248 g/mol. The van der Waals surface area contributed by atoms with E-state index < -0.39 is 0 Å². The number of aryl methyl sites for hydroxylation is 1. The minimum Gasteiger partial charge on any atom is -0.395 e. The van der Waals surface area contributed by atoms with E-state index in [4.69, 9.17) is 11.6 Å². The quantitative estimate of drug-likeness (QED) is 0.862. The molecule has 0 radical (unpaired) electrons. The van der Waals surface area contributed by atoms with E-state index in [1.54, 1.807) is 0 Å². The predicted octanol–water partition coefficient (Wildman–Crippen LogP) is 2.06. The predicted molar refractivity (Wildman–Crippen MR) is 76.4 cm³/mol. The normalized spacial score (nSPS) is 25.0. The molecule has 0 amide bonds. The zero-order valence-corrected chi connectivity index (χ0v) is 11.7. The van der Waals surface area contributed by atoms with Gasteiger partial charge < -0.3 is 15.3 Å². The van der Waals surface area contributed by atoms with E-state index in [2.05, 4.69) is 29.3 Å². The summed E-state index contributed by atoms with van der Waals surface area (Å²) in [5.41, 5.74) is 2.24. The summed E-state index contributed by atoms with van der Waals surface area (Å²) in [6, 6.07) is 6.31. The first-order chi connectivity index (χ1) is 8.60. The minimum atomic E-state index is 0.134. The highest BCUT2D eigenvalue weighted by Gasteiger charge is 2.21. The van der Waals surface area contributed by atoms with Crippen molar-refractivity contribution in [1.29, 1.82) is 0 Å². The fourth-order valence-corrected chi connectivity index (χ4v) is 2.50. The maximum absolute atomic E-state index is 9.35. The molecule has 1 aliphatic heterocycles. The summed E-state index contributed by atoms with van der Waals surface area (Å²) in [4.78, 5) is 2.30. The molecule has 2 unspecified atom stereocenters. The zero-order valence-electron chi connectivity index (χ0n) is 11.0. The lowest BCUT2D eigenvalue weighted by molar-refractivity contribution is 0.247. The molecule has 2 atom stereocenters. The van der Waals surface area contributed by atoms with Gasteiger partial charge in [-0.25, -0.2) is 0 Å². The Balaban J connectivity index is 2.20. The Kier molecular flexibility index (Phi) is 4.49. The number of hydrogen-bond acceptors (Lipinski definition) is 3. The molecule has 18 heavy (non-hydrogen) atoms. The van der Waals surface area contributed by atoms with Crippen LogP contribution in [0, 0.1) is 12.8 Å². The van der Waals surface area contributed by atoms with Gasteiger partial charge in [0.05, 0.1) is 6.61 Å². The molecule has 2 N–H and O–H groups in total. The van der Waals surface area contributed by atoms with E-state index in [0.29, 0.717) is 5.92 Å². The van der Waals surface area contributed by atoms with Gasteiger partial charge in [-0.1, -0.05) is 24.6 Å². The Morgan fingerprint density at radius 2 is 2.22 bits per heavy atom. The van der Waals surface area contributed by atoms with E-state index in [9.17, 15) is 5.11 Å². The van der Waals surface area contributed by atoms with Crippen LogP contribution in [0.3, 0.4) is 0 Å². The van der Waals surface area contributed by atoms with E-state index in [-0.39, 0.29) is 12.6 Å². The Bertz CT molecular complexity index is 411. The largest absolute Gasteiger partial charge is 0.395 e. The van der Waals surface area contributed by atoms with Gasteiger partial charge in [-0.3, -0.25) is 0 Å². The summed E-state index contributed by atoms with van der Waals surface area (Å²) in [6.07, 6.45) is 0. The first-order valence-corrected chi connectivity index (χ1v) is 6.83. The average Bonchev–Trinajstić information content (AvgIpc) is 2.54. The van der Waals surface area contributed by atoms with Crippen LogP contribution < -0.4 is 10.2 Å².